The van der Waals surface area contributed by atoms with E-state index < -0.39 is 6.10 Å². The van der Waals surface area contributed by atoms with Gasteiger partial charge in [0, 0.05) is 23.2 Å². The van der Waals surface area contributed by atoms with Gasteiger partial charge in [-0.1, -0.05) is 72.3 Å². The van der Waals surface area contributed by atoms with Crippen LogP contribution in [-0.4, -0.2) is 36.9 Å². The molecule has 2 atom stereocenters. The zero-order valence-corrected chi connectivity index (χ0v) is 22.2. The molecule has 0 aliphatic heterocycles. The average molecular weight is 530 g/mol. The monoisotopic (exact) mass is 529 g/mol. The van der Waals surface area contributed by atoms with Crippen molar-refractivity contribution in [2.45, 2.75) is 38.3 Å². The Bertz CT molecular complexity index is 1440. The highest BCUT2D eigenvalue weighted by Crippen LogP contribution is 2.39. The molecule has 196 valence electrons. The summed E-state index contributed by atoms with van der Waals surface area (Å²) in [6.45, 7) is 2.44. The molecule has 0 bridgehead atoms. The van der Waals surface area contributed by atoms with E-state index in [0.29, 0.717) is 23.9 Å². The predicted molar refractivity (Wildman–Crippen MR) is 152 cm³/mol. The van der Waals surface area contributed by atoms with Crippen molar-refractivity contribution in [2.75, 3.05) is 19.8 Å². The Hall–Kier alpha value is -3.38. The van der Waals surface area contributed by atoms with Crippen LogP contribution in [0.5, 0.6) is 5.75 Å². The maximum Gasteiger partial charge on any atom is 0.344 e. The van der Waals surface area contributed by atoms with E-state index in [1.807, 2.05) is 48.5 Å². The third kappa shape index (κ3) is 6.02. The van der Waals surface area contributed by atoms with Gasteiger partial charge in [-0.15, -0.1) is 0 Å². The van der Waals surface area contributed by atoms with Crippen molar-refractivity contribution >= 4 is 28.3 Å². The molecule has 4 aromatic carbocycles. The number of rotatable bonds is 9. The molecule has 38 heavy (non-hydrogen) atoms. The Morgan fingerprint density at radius 1 is 1.05 bits per heavy atom. The van der Waals surface area contributed by atoms with Gasteiger partial charge in [0.1, 0.15) is 5.75 Å². The third-order valence-corrected chi connectivity index (χ3v) is 7.33. The molecule has 0 unspecified atom stereocenters. The van der Waals surface area contributed by atoms with E-state index in [9.17, 15) is 9.90 Å². The minimum absolute atomic E-state index is 0.134. The van der Waals surface area contributed by atoms with Crippen molar-refractivity contribution < 1.29 is 19.4 Å². The topological polar surface area (TPSA) is 67.8 Å². The van der Waals surface area contributed by atoms with Crippen LogP contribution < -0.4 is 10.1 Å². The van der Waals surface area contributed by atoms with E-state index in [0.717, 1.165) is 46.7 Å². The van der Waals surface area contributed by atoms with E-state index >= 15 is 0 Å². The fraction of sp³-hybridized carbons (Fsp3) is 0.281. The molecule has 0 radical (unpaired) electrons. The average Bonchev–Trinajstić information content (AvgIpc) is 2.94. The van der Waals surface area contributed by atoms with Gasteiger partial charge in [0.2, 0.25) is 0 Å². The number of ether oxygens (including phenoxy) is 2. The van der Waals surface area contributed by atoms with Crippen molar-refractivity contribution in [3.63, 3.8) is 0 Å². The largest absolute Gasteiger partial charge is 0.481 e. The molecule has 4 aromatic rings. The van der Waals surface area contributed by atoms with E-state index in [4.69, 9.17) is 21.1 Å². The smallest absolute Gasteiger partial charge is 0.344 e. The van der Waals surface area contributed by atoms with Crippen LogP contribution in [0.25, 0.3) is 21.9 Å². The molecule has 1 aliphatic carbocycles. The Kier molecular flexibility index (Phi) is 8.28. The molecule has 0 amide bonds. The van der Waals surface area contributed by atoms with Crippen LogP contribution in [0.4, 0.5) is 0 Å². The fourth-order valence-electron chi connectivity index (χ4n) is 5.21. The van der Waals surface area contributed by atoms with Crippen molar-refractivity contribution in [3.05, 3.63) is 101 Å². The zero-order chi connectivity index (χ0) is 26.5. The van der Waals surface area contributed by atoms with Gasteiger partial charge in [0.15, 0.2) is 6.61 Å². The van der Waals surface area contributed by atoms with E-state index in [1.54, 1.807) is 6.92 Å². The number of aliphatic hydroxyl groups excluding tert-OH is 1. The Morgan fingerprint density at radius 3 is 2.76 bits per heavy atom. The number of benzene rings is 4. The lowest BCUT2D eigenvalue weighted by Crippen LogP contribution is -2.37. The van der Waals surface area contributed by atoms with E-state index in [2.05, 4.69) is 35.6 Å². The molecule has 0 saturated heterocycles. The first-order valence-electron chi connectivity index (χ1n) is 13.1. The summed E-state index contributed by atoms with van der Waals surface area (Å²) in [7, 11) is 0. The summed E-state index contributed by atoms with van der Waals surface area (Å²) in [5, 5.41) is 17.0. The summed E-state index contributed by atoms with van der Waals surface area (Å²) >= 11 is 6.09. The molecule has 5 nitrogen and oxygen atoms in total. The minimum Gasteiger partial charge on any atom is -0.481 e. The number of aryl methyl sites for hydroxylation is 1. The number of halogens is 1. The van der Waals surface area contributed by atoms with Crippen LogP contribution in [0.15, 0.2) is 78.9 Å². The number of hydrogen-bond acceptors (Lipinski definition) is 5. The van der Waals surface area contributed by atoms with E-state index in [-0.39, 0.29) is 18.6 Å². The summed E-state index contributed by atoms with van der Waals surface area (Å²) < 4.78 is 11.0. The first-order valence-corrected chi connectivity index (χ1v) is 13.5. The van der Waals surface area contributed by atoms with Gasteiger partial charge in [-0.2, -0.15) is 0 Å². The number of carbonyl (C=O) groups excluding carboxylic acids is 1. The van der Waals surface area contributed by atoms with Crippen LogP contribution >= 0.6 is 11.6 Å². The number of nitrogens with one attached hydrogen (secondary N) is 1. The van der Waals surface area contributed by atoms with Gasteiger partial charge in [-0.05, 0) is 77.4 Å². The molecular formula is C32H32ClNO4. The Morgan fingerprint density at radius 2 is 1.92 bits per heavy atom. The van der Waals surface area contributed by atoms with Crippen molar-refractivity contribution in [2.24, 2.45) is 0 Å². The third-order valence-electron chi connectivity index (χ3n) is 7.10. The molecule has 0 fully saturated rings. The lowest BCUT2D eigenvalue weighted by atomic mass is 9.85. The fourth-order valence-corrected chi connectivity index (χ4v) is 5.40. The summed E-state index contributed by atoms with van der Waals surface area (Å²) in [5.41, 5.74) is 5.47. The molecule has 0 saturated carbocycles. The van der Waals surface area contributed by atoms with Gasteiger partial charge in [0.25, 0.3) is 0 Å². The molecule has 0 heterocycles. The first-order chi connectivity index (χ1) is 18.5. The molecule has 0 aromatic heterocycles. The number of esters is 1. The lowest BCUT2D eigenvalue weighted by Gasteiger charge is -2.27. The van der Waals surface area contributed by atoms with Crippen LogP contribution in [-0.2, 0) is 22.4 Å². The van der Waals surface area contributed by atoms with E-state index in [1.165, 1.54) is 11.1 Å². The molecular weight excluding hydrogens is 498 g/mol. The number of carbonyl (C=O) groups is 1. The first kappa shape index (κ1) is 26.2. The summed E-state index contributed by atoms with van der Waals surface area (Å²) in [6.07, 6.45) is 2.24. The summed E-state index contributed by atoms with van der Waals surface area (Å²) in [6, 6.07) is 26.4. The number of fused-ring (bicyclic) bond motifs is 2. The zero-order valence-electron chi connectivity index (χ0n) is 21.5. The van der Waals surface area contributed by atoms with Gasteiger partial charge in [-0.25, -0.2) is 4.79 Å². The van der Waals surface area contributed by atoms with Crippen LogP contribution in [0.1, 0.15) is 36.1 Å². The Labute approximate surface area is 228 Å². The second-order valence-corrected chi connectivity index (χ2v) is 10.1. The van der Waals surface area contributed by atoms with Crippen LogP contribution in [0.3, 0.4) is 0 Å². The second kappa shape index (κ2) is 12.0. The van der Waals surface area contributed by atoms with Crippen molar-refractivity contribution in [3.8, 4) is 16.9 Å². The minimum atomic E-state index is -0.615. The Balaban J connectivity index is 1.38. The maximum absolute atomic E-state index is 12.0. The molecule has 0 spiro atoms. The summed E-state index contributed by atoms with van der Waals surface area (Å²) in [4.78, 5) is 12.0. The number of hydrogen-bond donors (Lipinski definition) is 2. The highest BCUT2D eigenvalue weighted by atomic mass is 35.5. The highest BCUT2D eigenvalue weighted by Gasteiger charge is 2.21. The standard InChI is InChI=1S/C32H32ClNO4/c1-2-37-31(36)20-38-30-15-13-22-6-3-4-9-28(22)32(30)24-11-10-21-12-14-27(18-25(21)16-24)34-19-29(35)23-7-5-8-26(33)17-23/h3-11,13,15-17,27,29,34-35H,2,12,14,18-20H2,1H3/t27-,29-/m0/s1. The highest BCUT2D eigenvalue weighted by molar-refractivity contribution is 6.30. The summed E-state index contributed by atoms with van der Waals surface area (Å²) in [5.74, 6) is 0.276. The predicted octanol–water partition coefficient (Wildman–Crippen LogP) is 6.28. The quantitative estimate of drug-likeness (QED) is 0.250. The van der Waals surface area contributed by atoms with Gasteiger partial charge < -0.3 is 19.9 Å². The molecule has 5 rings (SSSR count). The normalized spacial score (nSPS) is 15.6. The second-order valence-electron chi connectivity index (χ2n) is 9.66. The molecule has 2 N–H and O–H groups in total. The van der Waals surface area contributed by atoms with Gasteiger partial charge in [0.05, 0.1) is 12.7 Å². The molecule has 6 heteroatoms. The maximum atomic E-state index is 12.0. The lowest BCUT2D eigenvalue weighted by molar-refractivity contribution is -0.145. The van der Waals surface area contributed by atoms with Gasteiger partial charge >= 0.3 is 5.97 Å². The van der Waals surface area contributed by atoms with Crippen molar-refractivity contribution in [1.29, 1.82) is 0 Å². The van der Waals surface area contributed by atoms with Crippen LogP contribution in [0, 0.1) is 0 Å². The van der Waals surface area contributed by atoms with Gasteiger partial charge in [-0.3, -0.25) is 0 Å². The van der Waals surface area contributed by atoms with Crippen molar-refractivity contribution in [1.82, 2.24) is 5.32 Å². The number of aliphatic hydroxyl groups is 1. The van der Waals surface area contributed by atoms with Crippen LogP contribution in [0.2, 0.25) is 5.02 Å². The SMILES string of the molecule is CCOC(=O)COc1ccc2ccccc2c1-c1ccc2c(c1)C[C@@H](NC[C@H](O)c1cccc(Cl)c1)CC2. The molecule has 1 aliphatic rings.